The third kappa shape index (κ3) is 2.63. The Kier molecular flexibility index (Phi) is 3.63. The first-order chi connectivity index (χ1) is 10.2. The SMILES string of the molecule is C=CC(c1ccccc1)n1ccc2cc(=O)c(Cl)cc-2c1. The number of fused-ring (bicyclic) bond motifs is 1. The van der Waals surface area contributed by atoms with Crippen LogP contribution in [0.1, 0.15) is 11.6 Å². The third-order valence-electron chi connectivity index (χ3n) is 3.54. The molecule has 2 aliphatic rings. The van der Waals surface area contributed by atoms with Crippen molar-refractivity contribution >= 4 is 11.6 Å². The fourth-order valence-electron chi connectivity index (χ4n) is 2.46. The van der Waals surface area contributed by atoms with Gasteiger partial charge in [-0.1, -0.05) is 48.0 Å². The van der Waals surface area contributed by atoms with Crippen molar-refractivity contribution in [1.82, 2.24) is 4.57 Å². The van der Waals surface area contributed by atoms with E-state index >= 15 is 0 Å². The van der Waals surface area contributed by atoms with E-state index in [0.29, 0.717) is 0 Å². The lowest BCUT2D eigenvalue weighted by Gasteiger charge is -2.19. The number of hydrogen-bond acceptors (Lipinski definition) is 1. The van der Waals surface area contributed by atoms with Gasteiger partial charge in [0.2, 0.25) is 0 Å². The van der Waals surface area contributed by atoms with Gasteiger partial charge in [0.15, 0.2) is 5.43 Å². The second kappa shape index (κ2) is 5.58. The smallest absolute Gasteiger partial charge is 0.197 e. The van der Waals surface area contributed by atoms with Crippen LogP contribution in [0.5, 0.6) is 0 Å². The number of allylic oxidation sites excluding steroid dienone is 1. The number of nitrogens with zero attached hydrogens (tertiary/aromatic N) is 1. The molecule has 0 radical (unpaired) electrons. The predicted molar refractivity (Wildman–Crippen MR) is 87.1 cm³/mol. The highest BCUT2D eigenvalue weighted by atomic mass is 35.5. The van der Waals surface area contributed by atoms with Crippen LogP contribution in [0.3, 0.4) is 0 Å². The van der Waals surface area contributed by atoms with E-state index in [1.807, 2.05) is 42.7 Å². The minimum absolute atomic E-state index is 0.0429. The molecule has 21 heavy (non-hydrogen) atoms. The maximum atomic E-state index is 11.6. The van der Waals surface area contributed by atoms with Gasteiger partial charge in [-0.2, -0.15) is 0 Å². The topological polar surface area (TPSA) is 22.0 Å². The number of pyridine rings is 1. The summed E-state index contributed by atoms with van der Waals surface area (Å²) in [4.78, 5) is 11.6. The summed E-state index contributed by atoms with van der Waals surface area (Å²) in [5.41, 5.74) is 2.83. The molecule has 0 amide bonds. The van der Waals surface area contributed by atoms with E-state index in [-0.39, 0.29) is 16.5 Å². The van der Waals surface area contributed by atoms with Crippen molar-refractivity contribution in [1.29, 1.82) is 0 Å². The zero-order chi connectivity index (χ0) is 14.8. The van der Waals surface area contributed by atoms with Gasteiger partial charge in [-0.05, 0) is 34.9 Å². The lowest BCUT2D eigenvalue weighted by Crippen LogP contribution is -2.09. The Labute approximate surface area is 128 Å². The van der Waals surface area contributed by atoms with E-state index in [1.54, 1.807) is 12.1 Å². The van der Waals surface area contributed by atoms with Crippen LogP contribution in [0.25, 0.3) is 11.1 Å². The molecule has 1 unspecified atom stereocenters. The second-order valence-electron chi connectivity index (χ2n) is 4.89. The lowest BCUT2D eigenvalue weighted by molar-refractivity contribution is 0.696. The molecule has 0 fully saturated rings. The molecule has 1 aromatic carbocycles. The number of rotatable bonds is 3. The quantitative estimate of drug-likeness (QED) is 0.657. The summed E-state index contributed by atoms with van der Waals surface area (Å²) < 4.78 is 2.06. The first-order valence-electron chi connectivity index (χ1n) is 6.67. The molecule has 2 nitrogen and oxygen atoms in total. The molecule has 0 saturated heterocycles. The fourth-order valence-corrected chi connectivity index (χ4v) is 2.64. The van der Waals surface area contributed by atoms with Crippen molar-refractivity contribution in [2.45, 2.75) is 6.04 Å². The Balaban J connectivity index is 2.12. The maximum absolute atomic E-state index is 11.6. The van der Waals surface area contributed by atoms with Crippen LogP contribution in [0.15, 0.2) is 78.4 Å². The molecule has 104 valence electrons. The Bertz CT molecular complexity index is 807. The average Bonchev–Trinajstić information content (AvgIpc) is 2.50. The zero-order valence-corrected chi connectivity index (χ0v) is 12.1. The van der Waals surface area contributed by atoms with Gasteiger partial charge in [0.1, 0.15) is 0 Å². The van der Waals surface area contributed by atoms with Gasteiger partial charge in [0, 0.05) is 12.4 Å². The van der Waals surface area contributed by atoms with Crippen molar-refractivity contribution in [2.75, 3.05) is 0 Å². The summed E-state index contributed by atoms with van der Waals surface area (Å²) in [5.74, 6) is 0. The molecule has 0 N–H and O–H groups in total. The molecule has 0 bridgehead atoms. The van der Waals surface area contributed by atoms with Crippen molar-refractivity contribution in [2.24, 2.45) is 0 Å². The van der Waals surface area contributed by atoms with Gasteiger partial charge in [0.05, 0.1) is 11.1 Å². The third-order valence-corrected chi connectivity index (χ3v) is 3.83. The van der Waals surface area contributed by atoms with Crippen LogP contribution >= 0.6 is 11.6 Å². The van der Waals surface area contributed by atoms with Gasteiger partial charge in [-0.3, -0.25) is 4.79 Å². The monoisotopic (exact) mass is 295 g/mol. The standard InChI is InChI=1S/C18H14ClNO/c1-2-17(13-6-4-3-5-7-13)20-9-8-14-11-18(21)16(19)10-15(14)12-20/h2-12,17H,1H2. The van der Waals surface area contributed by atoms with Crippen LogP contribution in [0.4, 0.5) is 0 Å². The molecular weight excluding hydrogens is 282 g/mol. The Morgan fingerprint density at radius 2 is 1.86 bits per heavy atom. The van der Waals surface area contributed by atoms with E-state index in [9.17, 15) is 4.79 Å². The zero-order valence-electron chi connectivity index (χ0n) is 11.4. The summed E-state index contributed by atoms with van der Waals surface area (Å²) in [7, 11) is 0. The molecule has 1 aromatic rings. The Morgan fingerprint density at radius 3 is 2.57 bits per heavy atom. The molecule has 1 aliphatic carbocycles. The molecule has 0 aromatic heterocycles. The predicted octanol–water partition coefficient (Wildman–Crippen LogP) is 4.38. The number of halogens is 1. The van der Waals surface area contributed by atoms with Crippen LogP contribution in [-0.2, 0) is 0 Å². The minimum Gasteiger partial charge on any atom is -0.343 e. The first kappa shape index (κ1) is 13.7. The number of benzene rings is 2. The van der Waals surface area contributed by atoms with E-state index in [1.165, 1.54) is 0 Å². The number of hydrogen-bond donors (Lipinski definition) is 0. The molecular formula is C18H14ClNO. The van der Waals surface area contributed by atoms with Crippen LogP contribution in [0, 0.1) is 0 Å². The molecule has 0 spiro atoms. The Morgan fingerprint density at radius 1 is 1.10 bits per heavy atom. The summed E-state index contributed by atoms with van der Waals surface area (Å²) >= 11 is 5.93. The van der Waals surface area contributed by atoms with Crippen molar-refractivity contribution < 1.29 is 0 Å². The second-order valence-corrected chi connectivity index (χ2v) is 5.30. The van der Waals surface area contributed by atoms with E-state index in [0.717, 1.165) is 16.7 Å². The Hall–Kier alpha value is -2.32. The molecule has 1 aliphatic heterocycles. The van der Waals surface area contributed by atoms with Crippen molar-refractivity contribution in [3.05, 3.63) is 94.4 Å². The maximum Gasteiger partial charge on any atom is 0.197 e. The molecule has 3 rings (SSSR count). The van der Waals surface area contributed by atoms with Crippen LogP contribution in [0.2, 0.25) is 5.02 Å². The largest absolute Gasteiger partial charge is 0.343 e. The van der Waals surface area contributed by atoms with Crippen LogP contribution < -0.4 is 5.43 Å². The van der Waals surface area contributed by atoms with Gasteiger partial charge < -0.3 is 4.57 Å². The average molecular weight is 296 g/mol. The van der Waals surface area contributed by atoms with E-state index in [4.69, 9.17) is 11.6 Å². The van der Waals surface area contributed by atoms with Gasteiger partial charge in [0.25, 0.3) is 0 Å². The summed E-state index contributed by atoms with van der Waals surface area (Å²) in [5, 5.41) is 0.245. The minimum atomic E-state index is -0.148. The highest BCUT2D eigenvalue weighted by Crippen LogP contribution is 2.26. The normalized spacial score (nSPS) is 12.2. The molecule has 1 heterocycles. The molecule has 0 saturated carbocycles. The fraction of sp³-hybridized carbons (Fsp3) is 0.0556. The summed E-state index contributed by atoms with van der Waals surface area (Å²) in [6, 6.07) is 15.4. The lowest BCUT2D eigenvalue weighted by atomic mass is 10.0. The highest BCUT2D eigenvalue weighted by Gasteiger charge is 2.11. The van der Waals surface area contributed by atoms with Crippen molar-refractivity contribution in [3.63, 3.8) is 0 Å². The van der Waals surface area contributed by atoms with Gasteiger partial charge >= 0.3 is 0 Å². The molecule has 3 heteroatoms. The highest BCUT2D eigenvalue weighted by molar-refractivity contribution is 6.30. The number of aromatic nitrogens is 1. The van der Waals surface area contributed by atoms with E-state index in [2.05, 4.69) is 23.3 Å². The summed E-state index contributed by atoms with van der Waals surface area (Å²) in [6.45, 7) is 3.93. The van der Waals surface area contributed by atoms with Crippen molar-refractivity contribution in [3.8, 4) is 11.1 Å². The summed E-state index contributed by atoms with van der Waals surface area (Å²) in [6.07, 6.45) is 5.83. The van der Waals surface area contributed by atoms with E-state index < -0.39 is 0 Å². The van der Waals surface area contributed by atoms with Gasteiger partial charge in [-0.15, -0.1) is 6.58 Å². The molecule has 1 atom stereocenters. The van der Waals surface area contributed by atoms with Crippen LogP contribution in [-0.4, -0.2) is 4.57 Å². The van der Waals surface area contributed by atoms with Gasteiger partial charge in [-0.25, -0.2) is 0 Å². The first-order valence-corrected chi connectivity index (χ1v) is 7.05.